The Bertz CT molecular complexity index is 398. The molecule has 0 heterocycles. The van der Waals surface area contributed by atoms with Gasteiger partial charge in [0.05, 0.1) is 17.3 Å². The first kappa shape index (κ1) is 17.3. The third-order valence-electron chi connectivity index (χ3n) is 3.53. The molecule has 0 aliphatic heterocycles. The lowest BCUT2D eigenvalue weighted by Crippen LogP contribution is -2.26. The molecule has 3 nitrogen and oxygen atoms in total. The second-order valence-electron chi connectivity index (χ2n) is 5.31. The number of benzene rings is 1. The second kappa shape index (κ2) is 9.22. The number of methoxy groups -OCH3 is 1. The summed E-state index contributed by atoms with van der Waals surface area (Å²) in [5.41, 5.74) is 2.37. The van der Waals surface area contributed by atoms with Crippen LogP contribution in [0, 0.1) is 5.92 Å². The van der Waals surface area contributed by atoms with Crippen LogP contribution in [0.15, 0.2) is 18.2 Å². The molecule has 0 fully saturated rings. The average molecular weight is 299 g/mol. The van der Waals surface area contributed by atoms with Crippen LogP contribution < -0.4 is 10.2 Å². The predicted octanol–water partition coefficient (Wildman–Crippen LogP) is 3.56. The summed E-state index contributed by atoms with van der Waals surface area (Å²) in [5.74, 6) is 0.658. The fourth-order valence-electron chi connectivity index (χ4n) is 2.22. The van der Waals surface area contributed by atoms with Crippen molar-refractivity contribution in [3.8, 4) is 0 Å². The molecule has 1 aromatic rings. The van der Waals surface area contributed by atoms with Crippen molar-refractivity contribution in [1.29, 1.82) is 0 Å². The van der Waals surface area contributed by atoms with Crippen LogP contribution in [0.5, 0.6) is 0 Å². The van der Waals surface area contributed by atoms with Crippen LogP contribution in [0.3, 0.4) is 0 Å². The number of halogens is 1. The number of para-hydroxylation sites is 1. The first-order valence-electron chi connectivity index (χ1n) is 7.28. The highest BCUT2D eigenvalue weighted by molar-refractivity contribution is 6.33. The minimum Gasteiger partial charge on any atom is -0.383 e. The maximum absolute atomic E-state index is 6.40. The Morgan fingerprint density at radius 1 is 1.40 bits per heavy atom. The highest BCUT2D eigenvalue weighted by atomic mass is 35.5. The fourth-order valence-corrected chi connectivity index (χ4v) is 2.55. The van der Waals surface area contributed by atoms with E-state index < -0.39 is 0 Å². The van der Waals surface area contributed by atoms with Crippen LogP contribution in [0.2, 0.25) is 5.02 Å². The molecule has 1 unspecified atom stereocenters. The van der Waals surface area contributed by atoms with Gasteiger partial charge in [-0.2, -0.15) is 0 Å². The topological polar surface area (TPSA) is 24.5 Å². The lowest BCUT2D eigenvalue weighted by atomic mass is 10.1. The molecular formula is C16H27ClN2O. The molecule has 0 radical (unpaired) electrons. The van der Waals surface area contributed by atoms with E-state index >= 15 is 0 Å². The normalized spacial score (nSPS) is 12.4. The Morgan fingerprint density at radius 3 is 2.80 bits per heavy atom. The summed E-state index contributed by atoms with van der Waals surface area (Å²) in [6, 6.07) is 6.10. The molecule has 1 aromatic carbocycles. The van der Waals surface area contributed by atoms with Gasteiger partial charge in [0.2, 0.25) is 0 Å². The second-order valence-corrected chi connectivity index (χ2v) is 5.72. The zero-order chi connectivity index (χ0) is 15.0. The maximum atomic E-state index is 6.40. The lowest BCUT2D eigenvalue weighted by molar-refractivity contribution is 0.199. The molecular weight excluding hydrogens is 272 g/mol. The van der Waals surface area contributed by atoms with E-state index in [1.807, 2.05) is 12.1 Å². The first-order valence-corrected chi connectivity index (χ1v) is 7.66. The highest BCUT2D eigenvalue weighted by Crippen LogP contribution is 2.29. The zero-order valence-corrected chi connectivity index (χ0v) is 13.8. The van der Waals surface area contributed by atoms with Gasteiger partial charge in [0, 0.05) is 33.8 Å². The van der Waals surface area contributed by atoms with Crippen molar-refractivity contribution in [2.45, 2.75) is 26.8 Å². The summed E-state index contributed by atoms with van der Waals surface area (Å²) in [6.45, 7) is 7.88. The molecule has 0 saturated heterocycles. The fraction of sp³-hybridized carbons (Fsp3) is 0.625. The third kappa shape index (κ3) is 5.31. The maximum Gasteiger partial charge on any atom is 0.0642 e. The van der Waals surface area contributed by atoms with E-state index in [-0.39, 0.29) is 0 Å². The van der Waals surface area contributed by atoms with Crippen molar-refractivity contribution in [3.05, 3.63) is 28.8 Å². The summed E-state index contributed by atoms with van der Waals surface area (Å²) < 4.78 is 5.05. The summed E-state index contributed by atoms with van der Waals surface area (Å²) in [4.78, 5) is 2.27. The lowest BCUT2D eigenvalue weighted by Gasteiger charge is -2.26. The van der Waals surface area contributed by atoms with E-state index in [1.54, 1.807) is 7.11 Å². The van der Waals surface area contributed by atoms with Crippen LogP contribution >= 0.6 is 11.6 Å². The molecule has 1 rings (SSSR count). The van der Waals surface area contributed by atoms with Crippen molar-refractivity contribution in [3.63, 3.8) is 0 Å². The summed E-state index contributed by atoms with van der Waals surface area (Å²) in [7, 11) is 3.83. The number of nitrogens with zero attached hydrogens (tertiary/aromatic N) is 1. The molecule has 4 heteroatoms. The van der Waals surface area contributed by atoms with Crippen molar-refractivity contribution in [1.82, 2.24) is 5.32 Å². The van der Waals surface area contributed by atoms with Gasteiger partial charge in [0.15, 0.2) is 0 Å². The Morgan fingerprint density at radius 2 is 2.15 bits per heavy atom. The first-order chi connectivity index (χ1) is 9.60. The van der Waals surface area contributed by atoms with E-state index in [0.717, 1.165) is 37.0 Å². The monoisotopic (exact) mass is 298 g/mol. The van der Waals surface area contributed by atoms with Gasteiger partial charge in [-0.25, -0.2) is 0 Å². The standard InChI is InChI=1S/C16H27ClN2O/c1-5-13(2)12-19(3)16-14(7-6-8-15(16)17)11-18-9-10-20-4/h6-8,13,18H,5,9-12H2,1-4H3. The van der Waals surface area contributed by atoms with Gasteiger partial charge in [-0.15, -0.1) is 0 Å². The highest BCUT2D eigenvalue weighted by Gasteiger charge is 2.13. The average Bonchev–Trinajstić information content (AvgIpc) is 2.43. The quantitative estimate of drug-likeness (QED) is 0.706. The van der Waals surface area contributed by atoms with E-state index in [4.69, 9.17) is 16.3 Å². The molecule has 0 saturated carbocycles. The smallest absolute Gasteiger partial charge is 0.0642 e. The van der Waals surface area contributed by atoms with Crippen molar-refractivity contribution in [2.75, 3.05) is 38.8 Å². The van der Waals surface area contributed by atoms with Crippen LogP contribution in [-0.2, 0) is 11.3 Å². The Balaban J connectivity index is 2.76. The molecule has 0 aliphatic carbocycles. The van der Waals surface area contributed by atoms with Crippen LogP contribution in [0.25, 0.3) is 0 Å². The molecule has 0 aliphatic rings. The zero-order valence-electron chi connectivity index (χ0n) is 13.1. The Labute approximate surface area is 128 Å². The molecule has 0 spiro atoms. The van der Waals surface area contributed by atoms with Crippen LogP contribution in [0.1, 0.15) is 25.8 Å². The van der Waals surface area contributed by atoms with E-state index in [0.29, 0.717) is 5.92 Å². The molecule has 0 bridgehead atoms. The molecule has 1 atom stereocenters. The van der Waals surface area contributed by atoms with Gasteiger partial charge in [0.1, 0.15) is 0 Å². The van der Waals surface area contributed by atoms with Crippen molar-refractivity contribution in [2.24, 2.45) is 5.92 Å². The van der Waals surface area contributed by atoms with Gasteiger partial charge in [-0.3, -0.25) is 0 Å². The third-order valence-corrected chi connectivity index (χ3v) is 3.84. The minimum atomic E-state index is 0.658. The number of nitrogens with one attached hydrogen (secondary N) is 1. The van der Waals surface area contributed by atoms with Gasteiger partial charge >= 0.3 is 0 Å². The molecule has 0 aromatic heterocycles. The summed E-state index contributed by atoms with van der Waals surface area (Å²) in [5, 5.41) is 4.20. The van der Waals surface area contributed by atoms with Crippen molar-refractivity contribution >= 4 is 17.3 Å². The molecule has 20 heavy (non-hydrogen) atoms. The minimum absolute atomic E-state index is 0.658. The number of ether oxygens (including phenoxy) is 1. The number of hydrogen-bond acceptors (Lipinski definition) is 3. The number of hydrogen-bond donors (Lipinski definition) is 1. The SMILES string of the molecule is CCC(C)CN(C)c1c(Cl)cccc1CNCCOC. The number of rotatable bonds is 9. The molecule has 0 amide bonds. The summed E-state index contributed by atoms with van der Waals surface area (Å²) >= 11 is 6.40. The summed E-state index contributed by atoms with van der Waals surface area (Å²) in [6.07, 6.45) is 1.18. The van der Waals surface area contributed by atoms with Crippen LogP contribution in [0.4, 0.5) is 5.69 Å². The van der Waals surface area contributed by atoms with Crippen molar-refractivity contribution < 1.29 is 4.74 Å². The van der Waals surface area contributed by atoms with E-state index in [2.05, 4.69) is 37.2 Å². The Kier molecular flexibility index (Phi) is 7.97. The molecule has 114 valence electrons. The van der Waals surface area contributed by atoms with E-state index in [9.17, 15) is 0 Å². The largest absolute Gasteiger partial charge is 0.383 e. The van der Waals surface area contributed by atoms with Gasteiger partial charge in [0.25, 0.3) is 0 Å². The molecule has 1 N–H and O–H groups in total. The van der Waals surface area contributed by atoms with Gasteiger partial charge in [-0.1, -0.05) is 44.0 Å². The van der Waals surface area contributed by atoms with E-state index in [1.165, 1.54) is 12.0 Å². The Hall–Kier alpha value is -0.770. The number of anilines is 1. The predicted molar refractivity (Wildman–Crippen MR) is 87.8 cm³/mol. The van der Waals surface area contributed by atoms with Gasteiger partial charge < -0.3 is 15.0 Å². The van der Waals surface area contributed by atoms with Gasteiger partial charge in [-0.05, 0) is 17.5 Å². The van der Waals surface area contributed by atoms with Crippen LogP contribution in [-0.4, -0.2) is 33.9 Å².